The molecule has 0 spiro atoms. The van der Waals surface area contributed by atoms with Gasteiger partial charge in [0.15, 0.2) is 5.75 Å². The van der Waals surface area contributed by atoms with Crippen molar-refractivity contribution in [1.29, 1.82) is 0 Å². The van der Waals surface area contributed by atoms with Gasteiger partial charge in [0.05, 0.1) is 17.4 Å². The maximum absolute atomic E-state index is 12.6. The van der Waals surface area contributed by atoms with Crippen molar-refractivity contribution in [2.75, 3.05) is 0 Å². The lowest BCUT2D eigenvalue weighted by molar-refractivity contribution is -0.135. The Morgan fingerprint density at radius 1 is 1.00 bits per heavy atom. The molecule has 0 bridgehead atoms. The zero-order chi connectivity index (χ0) is 17.6. The molecule has 2 aromatic carbocycles. The lowest BCUT2D eigenvalue weighted by Crippen LogP contribution is -2.26. The van der Waals surface area contributed by atoms with E-state index in [4.69, 9.17) is 9.15 Å². The molecule has 126 valence electrons. The quantitative estimate of drug-likeness (QED) is 0.516. The molecule has 4 nitrogen and oxygen atoms in total. The molecule has 0 radical (unpaired) electrons. The third-order valence-corrected chi connectivity index (χ3v) is 4.74. The topological polar surface area (TPSA) is 56.5 Å². The van der Waals surface area contributed by atoms with Crippen molar-refractivity contribution in [3.8, 4) is 5.75 Å². The molecule has 4 rings (SSSR count). The van der Waals surface area contributed by atoms with E-state index in [1.54, 1.807) is 18.2 Å². The number of esters is 1. The number of hydrogen-bond donors (Lipinski definition) is 0. The minimum absolute atomic E-state index is 0.136. The van der Waals surface area contributed by atoms with Crippen LogP contribution in [0.25, 0.3) is 11.0 Å². The lowest BCUT2D eigenvalue weighted by atomic mass is 9.86. The van der Waals surface area contributed by atoms with Gasteiger partial charge in [-0.2, -0.15) is 0 Å². The molecule has 0 unspecified atom stereocenters. The fourth-order valence-electron chi connectivity index (χ4n) is 3.37. The van der Waals surface area contributed by atoms with E-state index in [1.807, 2.05) is 30.3 Å². The number of benzene rings is 2. The van der Waals surface area contributed by atoms with Crippen molar-refractivity contribution in [2.24, 2.45) is 0 Å². The van der Waals surface area contributed by atoms with E-state index in [2.05, 4.69) is 13.8 Å². The van der Waals surface area contributed by atoms with E-state index in [1.165, 1.54) is 5.56 Å². The Morgan fingerprint density at radius 3 is 2.44 bits per heavy atom. The maximum atomic E-state index is 12.6. The third kappa shape index (κ3) is 2.64. The molecule has 0 saturated carbocycles. The van der Waals surface area contributed by atoms with Crippen LogP contribution in [0, 0.1) is 0 Å². The summed E-state index contributed by atoms with van der Waals surface area (Å²) in [5.41, 5.74) is 2.54. The molecule has 1 aliphatic rings. The Bertz CT molecular complexity index is 1010. The molecule has 25 heavy (non-hydrogen) atoms. The van der Waals surface area contributed by atoms with E-state index in [0.29, 0.717) is 28.2 Å². The SMILES string of the molecule is CC(C)c1ccc([C@@H]2CC(=O)Oc3c2c(=O)oc2ccccc32)cc1. The monoisotopic (exact) mass is 334 g/mol. The van der Waals surface area contributed by atoms with Gasteiger partial charge in [-0.15, -0.1) is 0 Å². The summed E-state index contributed by atoms with van der Waals surface area (Å²) in [6, 6.07) is 15.2. The molecule has 0 N–H and O–H groups in total. The van der Waals surface area contributed by atoms with Crippen molar-refractivity contribution in [3.63, 3.8) is 0 Å². The second-order valence-electron chi connectivity index (χ2n) is 6.68. The van der Waals surface area contributed by atoms with E-state index in [9.17, 15) is 9.59 Å². The zero-order valence-corrected chi connectivity index (χ0v) is 14.1. The van der Waals surface area contributed by atoms with Crippen LogP contribution in [0.4, 0.5) is 0 Å². The minimum Gasteiger partial charge on any atom is -0.425 e. The van der Waals surface area contributed by atoms with Crippen molar-refractivity contribution < 1.29 is 13.9 Å². The highest BCUT2D eigenvalue weighted by atomic mass is 16.5. The fourth-order valence-corrected chi connectivity index (χ4v) is 3.37. The predicted molar refractivity (Wildman–Crippen MR) is 95.1 cm³/mol. The van der Waals surface area contributed by atoms with Crippen molar-refractivity contribution >= 4 is 16.9 Å². The van der Waals surface area contributed by atoms with Crippen molar-refractivity contribution in [1.82, 2.24) is 0 Å². The minimum atomic E-state index is -0.445. The van der Waals surface area contributed by atoms with Crippen LogP contribution in [0.2, 0.25) is 0 Å². The second kappa shape index (κ2) is 5.88. The summed E-state index contributed by atoms with van der Waals surface area (Å²) in [6.45, 7) is 4.26. The van der Waals surface area contributed by atoms with Gasteiger partial charge in [-0.3, -0.25) is 4.79 Å². The third-order valence-electron chi connectivity index (χ3n) is 4.74. The molecule has 0 aliphatic carbocycles. The molecule has 0 amide bonds. The number of rotatable bonds is 2. The molecule has 0 fully saturated rings. The average Bonchev–Trinajstić information content (AvgIpc) is 2.61. The summed E-state index contributed by atoms with van der Waals surface area (Å²) in [4.78, 5) is 24.8. The first-order valence-corrected chi connectivity index (χ1v) is 8.41. The van der Waals surface area contributed by atoms with Gasteiger partial charge >= 0.3 is 11.6 Å². The average molecular weight is 334 g/mol. The lowest BCUT2D eigenvalue weighted by Gasteiger charge is -2.24. The van der Waals surface area contributed by atoms with Gasteiger partial charge in [0.25, 0.3) is 0 Å². The summed E-state index contributed by atoms with van der Waals surface area (Å²) in [6.07, 6.45) is 0.136. The number of fused-ring (bicyclic) bond motifs is 3. The first-order chi connectivity index (χ1) is 12.0. The summed E-state index contributed by atoms with van der Waals surface area (Å²) in [5.74, 6) is 0.0761. The molecule has 2 heterocycles. The molecular formula is C21H18O4. The van der Waals surface area contributed by atoms with Gasteiger partial charge in [-0.25, -0.2) is 4.79 Å². The van der Waals surface area contributed by atoms with E-state index < -0.39 is 5.63 Å². The van der Waals surface area contributed by atoms with Gasteiger partial charge in [0, 0.05) is 5.92 Å². The Kier molecular flexibility index (Phi) is 3.68. The Hall–Kier alpha value is -2.88. The first-order valence-electron chi connectivity index (χ1n) is 8.41. The number of carbonyl (C=O) groups excluding carboxylic acids is 1. The summed E-state index contributed by atoms with van der Waals surface area (Å²) in [5, 5.41) is 0.647. The van der Waals surface area contributed by atoms with Crippen LogP contribution in [-0.2, 0) is 4.79 Å². The van der Waals surface area contributed by atoms with Gasteiger partial charge in [-0.05, 0) is 29.2 Å². The van der Waals surface area contributed by atoms with Crippen LogP contribution >= 0.6 is 0 Å². The van der Waals surface area contributed by atoms with Crippen molar-refractivity contribution in [3.05, 3.63) is 75.6 Å². The van der Waals surface area contributed by atoms with Crippen LogP contribution < -0.4 is 10.4 Å². The smallest absolute Gasteiger partial charge is 0.343 e. The first kappa shape index (κ1) is 15.6. The molecular weight excluding hydrogens is 316 g/mol. The Morgan fingerprint density at radius 2 is 1.72 bits per heavy atom. The van der Waals surface area contributed by atoms with Gasteiger partial charge in [0.1, 0.15) is 5.58 Å². The summed E-state index contributed by atoms with van der Waals surface area (Å²) < 4.78 is 10.9. The summed E-state index contributed by atoms with van der Waals surface area (Å²) in [7, 11) is 0. The predicted octanol–water partition coefficient (Wildman–Crippen LogP) is 4.36. The molecule has 0 saturated heterocycles. The normalized spacial score (nSPS) is 16.8. The molecule has 1 aromatic heterocycles. The van der Waals surface area contributed by atoms with E-state index >= 15 is 0 Å². The number of para-hydroxylation sites is 1. The Balaban J connectivity index is 1.91. The van der Waals surface area contributed by atoms with Crippen LogP contribution in [0.3, 0.4) is 0 Å². The Labute approximate surface area is 145 Å². The van der Waals surface area contributed by atoms with Gasteiger partial charge in [-0.1, -0.05) is 50.2 Å². The van der Waals surface area contributed by atoms with Gasteiger partial charge < -0.3 is 9.15 Å². The molecule has 1 atom stereocenters. The van der Waals surface area contributed by atoms with Crippen molar-refractivity contribution in [2.45, 2.75) is 32.1 Å². The van der Waals surface area contributed by atoms with Crippen LogP contribution in [0.5, 0.6) is 5.75 Å². The van der Waals surface area contributed by atoms with Gasteiger partial charge in [0.2, 0.25) is 0 Å². The number of ether oxygens (including phenoxy) is 1. The molecule has 1 aliphatic heterocycles. The fraction of sp³-hybridized carbons (Fsp3) is 0.238. The number of hydrogen-bond acceptors (Lipinski definition) is 4. The molecule has 3 aromatic rings. The highest BCUT2D eigenvalue weighted by Crippen LogP contribution is 2.40. The van der Waals surface area contributed by atoms with E-state index in [-0.39, 0.29) is 18.3 Å². The summed E-state index contributed by atoms with van der Waals surface area (Å²) >= 11 is 0. The van der Waals surface area contributed by atoms with E-state index in [0.717, 1.165) is 5.56 Å². The standard InChI is InChI=1S/C21H18O4/c1-12(2)13-7-9-14(10-8-13)16-11-18(22)25-20-15-5-3-4-6-17(15)24-21(23)19(16)20/h3-10,12,16H,11H2,1-2H3/t16-/m0/s1. The largest absolute Gasteiger partial charge is 0.425 e. The number of carbonyl (C=O) groups is 1. The maximum Gasteiger partial charge on any atom is 0.343 e. The zero-order valence-electron chi connectivity index (χ0n) is 14.1. The molecule has 4 heteroatoms. The highest BCUT2D eigenvalue weighted by Gasteiger charge is 2.33. The second-order valence-corrected chi connectivity index (χ2v) is 6.68. The van der Waals surface area contributed by atoms with Crippen LogP contribution in [-0.4, -0.2) is 5.97 Å². The van der Waals surface area contributed by atoms with Crippen LogP contribution in [0.15, 0.2) is 57.7 Å². The highest BCUT2D eigenvalue weighted by molar-refractivity contribution is 5.90. The van der Waals surface area contributed by atoms with Crippen LogP contribution in [0.1, 0.15) is 48.8 Å².